The first-order valence-electron chi connectivity index (χ1n) is 5.56. The van der Waals surface area contributed by atoms with E-state index in [1.54, 1.807) is 0 Å². The summed E-state index contributed by atoms with van der Waals surface area (Å²) in [6.07, 6.45) is 0. The standard InChI is InChI=1S/C14H9Cl2F3O/c1-20-8-5-11(18)13(12(19)6-8)14(16)9-3-2-7(17)4-10(9)15/h2-6,14H,1H3. The lowest BCUT2D eigenvalue weighted by Crippen LogP contribution is -2.03. The Kier molecular flexibility index (Phi) is 4.45. The molecule has 2 aromatic carbocycles. The smallest absolute Gasteiger partial charge is 0.134 e. The van der Waals surface area contributed by atoms with E-state index in [-0.39, 0.29) is 21.9 Å². The summed E-state index contributed by atoms with van der Waals surface area (Å²) in [7, 11) is 1.29. The topological polar surface area (TPSA) is 9.23 Å². The molecule has 0 fully saturated rings. The summed E-state index contributed by atoms with van der Waals surface area (Å²) in [5.74, 6) is -2.24. The van der Waals surface area contributed by atoms with Crippen molar-refractivity contribution < 1.29 is 17.9 Å². The van der Waals surface area contributed by atoms with Crippen molar-refractivity contribution in [3.05, 3.63) is 63.9 Å². The molecule has 2 rings (SSSR count). The van der Waals surface area contributed by atoms with Crippen molar-refractivity contribution in [3.63, 3.8) is 0 Å². The van der Waals surface area contributed by atoms with Gasteiger partial charge in [-0.25, -0.2) is 13.2 Å². The van der Waals surface area contributed by atoms with E-state index in [1.165, 1.54) is 13.2 Å². The van der Waals surface area contributed by atoms with Crippen molar-refractivity contribution in [2.24, 2.45) is 0 Å². The highest BCUT2D eigenvalue weighted by atomic mass is 35.5. The van der Waals surface area contributed by atoms with Crippen molar-refractivity contribution in [2.75, 3.05) is 7.11 Å². The van der Waals surface area contributed by atoms with Crippen LogP contribution in [0.15, 0.2) is 30.3 Å². The third-order valence-electron chi connectivity index (χ3n) is 2.78. The van der Waals surface area contributed by atoms with Gasteiger partial charge in [-0.15, -0.1) is 11.6 Å². The maximum atomic E-state index is 13.9. The molecule has 6 heteroatoms. The largest absolute Gasteiger partial charge is 0.497 e. The normalized spacial score (nSPS) is 12.3. The van der Waals surface area contributed by atoms with Gasteiger partial charge in [0.05, 0.1) is 12.5 Å². The lowest BCUT2D eigenvalue weighted by molar-refractivity contribution is 0.405. The summed E-state index contributed by atoms with van der Waals surface area (Å²) < 4.78 is 45.6. The fraction of sp³-hybridized carbons (Fsp3) is 0.143. The van der Waals surface area contributed by atoms with Crippen LogP contribution in [0.2, 0.25) is 5.02 Å². The van der Waals surface area contributed by atoms with Crippen LogP contribution in [0, 0.1) is 17.5 Å². The summed E-state index contributed by atoms with van der Waals surface area (Å²) in [4.78, 5) is 0. The van der Waals surface area contributed by atoms with E-state index in [0.29, 0.717) is 0 Å². The summed E-state index contributed by atoms with van der Waals surface area (Å²) in [6.45, 7) is 0. The fourth-order valence-corrected chi connectivity index (χ4v) is 2.51. The first-order chi connectivity index (χ1) is 9.43. The molecule has 20 heavy (non-hydrogen) atoms. The third kappa shape index (κ3) is 2.86. The summed E-state index contributed by atoms with van der Waals surface area (Å²) >= 11 is 11.9. The van der Waals surface area contributed by atoms with Crippen LogP contribution < -0.4 is 4.74 Å². The number of halogens is 5. The van der Waals surface area contributed by atoms with Gasteiger partial charge in [0, 0.05) is 22.7 Å². The number of ether oxygens (including phenoxy) is 1. The van der Waals surface area contributed by atoms with E-state index in [1.807, 2.05) is 0 Å². The maximum absolute atomic E-state index is 13.9. The first kappa shape index (κ1) is 15.0. The highest BCUT2D eigenvalue weighted by molar-refractivity contribution is 6.33. The van der Waals surface area contributed by atoms with Gasteiger partial charge in [-0.05, 0) is 17.7 Å². The SMILES string of the molecule is COc1cc(F)c(C(Cl)c2ccc(F)cc2Cl)c(F)c1. The zero-order valence-electron chi connectivity index (χ0n) is 10.3. The number of benzene rings is 2. The fourth-order valence-electron chi connectivity index (χ4n) is 1.78. The molecule has 106 valence electrons. The molecule has 2 aromatic rings. The van der Waals surface area contributed by atoms with E-state index in [2.05, 4.69) is 0 Å². The number of hydrogen-bond acceptors (Lipinski definition) is 1. The quantitative estimate of drug-likeness (QED) is 0.715. The van der Waals surface area contributed by atoms with Gasteiger partial charge < -0.3 is 4.74 Å². The molecule has 1 atom stereocenters. The Morgan fingerprint density at radius 3 is 2.15 bits per heavy atom. The molecule has 0 saturated carbocycles. The van der Waals surface area contributed by atoms with Crippen LogP contribution in [0.5, 0.6) is 5.75 Å². The van der Waals surface area contributed by atoms with Crippen LogP contribution in [0.3, 0.4) is 0 Å². The van der Waals surface area contributed by atoms with Crippen LogP contribution in [-0.2, 0) is 0 Å². The predicted octanol–water partition coefficient (Wildman–Crippen LogP) is 5.09. The highest BCUT2D eigenvalue weighted by Gasteiger charge is 2.23. The van der Waals surface area contributed by atoms with Crippen molar-refractivity contribution in [3.8, 4) is 5.75 Å². The second-order valence-electron chi connectivity index (χ2n) is 4.03. The number of methoxy groups -OCH3 is 1. The van der Waals surface area contributed by atoms with Gasteiger partial charge >= 0.3 is 0 Å². The van der Waals surface area contributed by atoms with Gasteiger partial charge in [0.15, 0.2) is 0 Å². The molecule has 0 heterocycles. The van der Waals surface area contributed by atoms with Crippen molar-refractivity contribution in [1.29, 1.82) is 0 Å². The lowest BCUT2D eigenvalue weighted by atomic mass is 10.0. The first-order valence-corrected chi connectivity index (χ1v) is 6.37. The van der Waals surface area contributed by atoms with Crippen LogP contribution in [0.4, 0.5) is 13.2 Å². The van der Waals surface area contributed by atoms with Gasteiger partial charge in [-0.3, -0.25) is 0 Å². The molecule has 0 bridgehead atoms. The van der Waals surface area contributed by atoms with Crippen LogP contribution in [0.1, 0.15) is 16.5 Å². The minimum Gasteiger partial charge on any atom is -0.497 e. The van der Waals surface area contributed by atoms with Crippen molar-refractivity contribution in [1.82, 2.24) is 0 Å². The van der Waals surface area contributed by atoms with E-state index >= 15 is 0 Å². The average Bonchev–Trinajstić information content (AvgIpc) is 2.37. The van der Waals surface area contributed by atoms with Gasteiger partial charge in [-0.2, -0.15) is 0 Å². The third-order valence-corrected chi connectivity index (χ3v) is 3.56. The van der Waals surface area contributed by atoms with E-state index in [0.717, 1.165) is 24.3 Å². The second-order valence-corrected chi connectivity index (χ2v) is 4.88. The minimum atomic E-state index is -1.17. The molecular formula is C14H9Cl2F3O. The monoisotopic (exact) mass is 320 g/mol. The molecule has 0 saturated heterocycles. The Morgan fingerprint density at radius 1 is 1.05 bits per heavy atom. The highest BCUT2D eigenvalue weighted by Crippen LogP contribution is 2.37. The molecule has 1 nitrogen and oxygen atoms in total. The van der Waals surface area contributed by atoms with Crippen molar-refractivity contribution >= 4 is 23.2 Å². The Labute approximate surface area is 123 Å². The molecule has 1 unspecified atom stereocenters. The lowest BCUT2D eigenvalue weighted by Gasteiger charge is -2.15. The second kappa shape index (κ2) is 5.94. The molecule has 0 aromatic heterocycles. The summed E-state index contributed by atoms with van der Waals surface area (Å²) in [5, 5.41) is -1.17. The molecule has 0 spiro atoms. The van der Waals surface area contributed by atoms with E-state index in [9.17, 15) is 13.2 Å². The van der Waals surface area contributed by atoms with Gasteiger partial charge in [0.2, 0.25) is 0 Å². The Hall–Kier alpha value is -1.39. The number of hydrogen-bond donors (Lipinski definition) is 0. The summed E-state index contributed by atoms with van der Waals surface area (Å²) in [5.41, 5.74) is -0.140. The molecule has 0 aliphatic carbocycles. The maximum Gasteiger partial charge on any atom is 0.134 e. The van der Waals surface area contributed by atoms with Gasteiger partial charge in [0.25, 0.3) is 0 Å². The average molecular weight is 321 g/mol. The van der Waals surface area contributed by atoms with Crippen LogP contribution in [0.25, 0.3) is 0 Å². The van der Waals surface area contributed by atoms with E-state index < -0.39 is 22.8 Å². The van der Waals surface area contributed by atoms with Crippen molar-refractivity contribution in [2.45, 2.75) is 5.38 Å². The molecule has 0 amide bonds. The number of rotatable bonds is 3. The minimum absolute atomic E-state index is 0.000354. The zero-order valence-corrected chi connectivity index (χ0v) is 11.8. The Bertz CT molecular complexity index is 623. The van der Waals surface area contributed by atoms with Gasteiger partial charge in [0.1, 0.15) is 23.2 Å². The van der Waals surface area contributed by atoms with Crippen LogP contribution in [-0.4, -0.2) is 7.11 Å². The molecule has 0 aliphatic rings. The Morgan fingerprint density at radius 2 is 1.65 bits per heavy atom. The predicted molar refractivity (Wildman–Crippen MR) is 72.0 cm³/mol. The molecule has 0 aliphatic heterocycles. The molecular weight excluding hydrogens is 312 g/mol. The number of alkyl halides is 1. The van der Waals surface area contributed by atoms with E-state index in [4.69, 9.17) is 27.9 Å². The molecule has 0 N–H and O–H groups in total. The molecule has 0 radical (unpaired) electrons. The summed E-state index contributed by atoms with van der Waals surface area (Å²) in [6, 6.07) is 5.48. The Balaban J connectivity index is 2.50. The van der Waals surface area contributed by atoms with Crippen LogP contribution >= 0.6 is 23.2 Å². The van der Waals surface area contributed by atoms with Gasteiger partial charge in [-0.1, -0.05) is 17.7 Å². The zero-order chi connectivity index (χ0) is 14.9.